The van der Waals surface area contributed by atoms with Gasteiger partial charge in [0.1, 0.15) is 11.4 Å². The van der Waals surface area contributed by atoms with Crippen molar-refractivity contribution in [1.29, 1.82) is 0 Å². The van der Waals surface area contributed by atoms with Crippen molar-refractivity contribution < 1.29 is 14.6 Å². The third kappa shape index (κ3) is 7.39. The van der Waals surface area contributed by atoms with Gasteiger partial charge in [-0.25, -0.2) is 4.98 Å². The molecule has 1 aliphatic heterocycles. The zero-order chi connectivity index (χ0) is 29.6. The fraction of sp³-hybridized carbons (Fsp3) is 0.424. The van der Waals surface area contributed by atoms with E-state index in [0.717, 1.165) is 66.4 Å². The number of aromatic nitrogens is 3. The van der Waals surface area contributed by atoms with Gasteiger partial charge in [0.15, 0.2) is 0 Å². The number of anilines is 2. The number of pyridine rings is 1. The molecule has 0 spiro atoms. The molecule has 9 heteroatoms. The first-order chi connectivity index (χ1) is 20.3. The van der Waals surface area contributed by atoms with Crippen molar-refractivity contribution in [3.05, 3.63) is 76.6 Å². The Morgan fingerprint density at radius 3 is 2.52 bits per heavy atom. The Morgan fingerprint density at radius 2 is 1.79 bits per heavy atom. The van der Waals surface area contributed by atoms with Gasteiger partial charge in [-0.15, -0.1) is 0 Å². The molecule has 9 nitrogen and oxygen atoms in total. The topological polar surface area (TPSA) is 105 Å². The van der Waals surface area contributed by atoms with Gasteiger partial charge >= 0.3 is 5.97 Å². The average Bonchev–Trinajstić information content (AvgIpc) is 3.29. The third-order valence-electron chi connectivity index (χ3n) is 7.79. The summed E-state index contributed by atoms with van der Waals surface area (Å²) >= 11 is 0. The minimum Gasteiger partial charge on any atom is -0.506 e. The highest BCUT2D eigenvalue weighted by Gasteiger charge is 2.23. The number of ether oxygens (including phenoxy) is 1. The Hall–Kier alpha value is -4.11. The zero-order valence-electron chi connectivity index (χ0n) is 25.1. The molecule has 1 aliphatic rings. The summed E-state index contributed by atoms with van der Waals surface area (Å²) in [4.78, 5) is 23.7. The van der Waals surface area contributed by atoms with E-state index in [1.165, 1.54) is 11.1 Å². The Labute approximate surface area is 247 Å². The van der Waals surface area contributed by atoms with Crippen LogP contribution in [0.3, 0.4) is 0 Å². The van der Waals surface area contributed by atoms with Gasteiger partial charge in [0.05, 0.1) is 30.6 Å². The standard InChI is InChI=1S/C33H42N6O3/c1-5-42-32(41)12-15-38-13-10-26(11-14-38)36-33-37-28-8-7-25(20-34-27-17-22(2)16-23(3)18-27)19-30(28)39(33)21-29-31(40)9-6-24(4)35-29/h6-9,16-19,26,34,40H,5,10-15,20-21H2,1-4H3,(H,36,37). The molecule has 0 saturated carbocycles. The van der Waals surface area contributed by atoms with Gasteiger partial charge in [-0.05, 0) is 93.6 Å². The highest BCUT2D eigenvalue weighted by Crippen LogP contribution is 2.27. The lowest BCUT2D eigenvalue weighted by atomic mass is 10.1. The molecule has 3 heterocycles. The SMILES string of the molecule is CCOC(=O)CCN1CCC(Nc2nc3ccc(CNc4cc(C)cc(C)c4)cc3n2Cc2nc(C)ccc2O)CC1. The number of likely N-dealkylation sites (tertiary alicyclic amines) is 1. The van der Waals surface area contributed by atoms with Crippen LogP contribution < -0.4 is 10.6 Å². The number of rotatable bonds is 11. The second-order valence-corrected chi connectivity index (χ2v) is 11.3. The van der Waals surface area contributed by atoms with Crippen LogP contribution in [-0.2, 0) is 22.6 Å². The Morgan fingerprint density at radius 1 is 1.02 bits per heavy atom. The molecule has 222 valence electrons. The molecule has 0 amide bonds. The number of benzene rings is 2. The van der Waals surface area contributed by atoms with Gasteiger partial charge in [0.25, 0.3) is 0 Å². The Kier molecular flexibility index (Phi) is 9.27. The van der Waals surface area contributed by atoms with Crippen LogP contribution in [0.2, 0.25) is 0 Å². The van der Waals surface area contributed by atoms with Gasteiger partial charge in [-0.1, -0.05) is 12.1 Å². The van der Waals surface area contributed by atoms with Gasteiger partial charge in [-0.2, -0.15) is 0 Å². The third-order valence-corrected chi connectivity index (χ3v) is 7.79. The van der Waals surface area contributed by atoms with Crippen molar-refractivity contribution in [2.45, 2.75) is 66.1 Å². The number of piperidine rings is 1. The van der Waals surface area contributed by atoms with Crippen molar-refractivity contribution >= 4 is 28.6 Å². The van der Waals surface area contributed by atoms with E-state index in [1.807, 2.05) is 19.9 Å². The fourth-order valence-corrected chi connectivity index (χ4v) is 5.66. The van der Waals surface area contributed by atoms with Crippen molar-refractivity contribution in [3.8, 4) is 5.75 Å². The van der Waals surface area contributed by atoms with E-state index < -0.39 is 0 Å². The van der Waals surface area contributed by atoms with Crippen LogP contribution in [0, 0.1) is 20.8 Å². The number of carbonyl (C=O) groups excluding carboxylic acids is 1. The highest BCUT2D eigenvalue weighted by atomic mass is 16.5. The van der Waals surface area contributed by atoms with Gasteiger partial charge in [0, 0.05) is 43.6 Å². The summed E-state index contributed by atoms with van der Waals surface area (Å²) in [5, 5.41) is 17.9. The van der Waals surface area contributed by atoms with Crippen LogP contribution in [0.1, 0.15) is 54.3 Å². The smallest absolute Gasteiger partial charge is 0.307 e. The van der Waals surface area contributed by atoms with Gasteiger partial charge < -0.3 is 29.9 Å². The maximum atomic E-state index is 11.8. The molecule has 1 saturated heterocycles. The number of hydrogen-bond donors (Lipinski definition) is 3. The maximum Gasteiger partial charge on any atom is 0.307 e. The van der Waals surface area contributed by atoms with Crippen molar-refractivity contribution in [2.75, 3.05) is 36.9 Å². The van der Waals surface area contributed by atoms with Crippen LogP contribution in [-0.4, -0.2) is 62.8 Å². The molecular formula is C33H42N6O3. The summed E-state index contributed by atoms with van der Waals surface area (Å²) in [6.45, 7) is 12.0. The number of imidazole rings is 1. The molecule has 5 rings (SSSR count). The monoisotopic (exact) mass is 570 g/mol. The summed E-state index contributed by atoms with van der Waals surface area (Å²) in [5.41, 5.74) is 8.07. The quantitative estimate of drug-likeness (QED) is 0.202. The minimum atomic E-state index is -0.136. The maximum absolute atomic E-state index is 11.8. The van der Waals surface area contributed by atoms with E-state index in [0.29, 0.717) is 31.8 Å². The molecule has 2 aromatic heterocycles. The first kappa shape index (κ1) is 29.4. The van der Waals surface area contributed by atoms with Crippen molar-refractivity contribution in [1.82, 2.24) is 19.4 Å². The molecule has 4 aromatic rings. The molecule has 0 atom stereocenters. The zero-order valence-corrected chi connectivity index (χ0v) is 25.1. The molecule has 1 fully saturated rings. The van der Waals surface area contributed by atoms with E-state index >= 15 is 0 Å². The number of aromatic hydroxyl groups is 1. The normalized spacial score (nSPS) is 14.3. The fourth-order valence-electron chi connectivity index (χ4n) is 5.66. The Bertz CT molecular complexity index is 1520. The highest BCUT2D eigenvalue weighted by molar-refractivity contribution is 5.80. The van der Waals surface area contributed by atoms with Crippen LogP contribution in [0.25, 0.3) is 11.0 Å². The number of hydrogen-bond acceptors (Lipinski definition) is 8. The van der Waals surface area contributed by atoms with E-state index in [4.69, 9.17) is 9.72 Å². The lowest BCUT2D eigenvalue weighted by molar-refractivity contribution is -0.143. The predicted octanol–water partition coefficient (Wildman–Crippen LogP) is 5.55. The molecule has 0 radical (unpaired) electrons. The Balaban J connectivity index is 1.35. The molecule has 0 unspecified atom stereocenters. The molecule has 0 aliphatic carbocycles. The van der Waals surface area contributed by atoms with E-state index in [-0.39, 0.29) is 17.8 Å². The van der Waals surface area contributed by atoms with Crippen LogP contribution in [0.4, 0.5) is 11.6 Å². The summed E-state index contributed by atoms with van der Waals surface area (Å²) in [6.07, 6.45) is 2.32. The number of nitrogens with one attached hydrogen (secondary N) is 2. The van der Waals surface area contributed by atoms with Gasteiger partial charge in [-0.3, -0.25) is 9.78 Å². The number of esters is 1. The first-order valence-electron chi connectivity index (χ1n) is 14.9. The number of nitrogens with zero attached hydrogens (tertiary/aromatic N) is 4. The van der Waals surface area contributed by atoms with E-state index in [1.54, 1.807) is 6.07 Å². The molecule has 3 N–H and O–H groups in total. The molecule has 0 bridgehead atoms. The number of aryl methyl sites for hydroxylation is 3. The summed E-state index contributed by atoms with van der Waals surface area (Å²) in [7, 11) is 0. The van der Waals surface area contributed by atoms with Gasteiger partial charge in [0.2, 0.25) is 5.95 Å². The minimum absolute atomic E-state index is 0.136. The molecule has 2 aromatic carbocycles. The number of fused-ring (bicyclic) bond motifs is 1. The summed E-state index contributed by atoms with van der Waals surface area (Å²) < 4.78 is 7.21. The first-order valence-corrected chi connectivity index (χ1v) is 14.9. The molecular weight excluding hydrogens is 528 g/mol. The van der Waals surface area contributed by atoms with Crippen LogP contribution in [0.5, 0.6) is 5.75 Å². The average molecular weight is 571 g/mol. The lowest BCUT2D eigenvalue weighted by Gasteiger charge is -2.32. The lowest BCUT2D eigenvalue weighted by Crippen LogP contribution is -2.40. The van der Waals surface area contributed by atoms with Crippen LogP contribution >= 0.6 is 0 Å². The summed E-state index contributed by atoms with van der Waals surface area (Å²) in [5.74, 6) is 0.816. The predicted molar refractivity (Wildman–Crippen MR) is 167 cm³/mol. The van der Waals surface area contributed by atoms with Crippen molar-refractivity contribution in [2.24, 2.45) is 0 Å². The van der Waals surface area contributed by atoms with Crippen molar-refractivity contribution in [3.63, 3.8) is 0 Å². The second kappa shape index (κ2) is 13.2. The largest absolute Gasteiger partial charge is 0.506 e. The van der Waals surface area contributed by atoms with E-state index in [2.05, 4.69) is 75.3 Å². The molecule has 42 heavy (non-hydrogen) atoms. The van der Waals surface area contributed by atoms with Crippen LogP contribution in [0.15, 0.2) is 48.5 Å². The second-order valence-electron chi connectivity index (χ2n) is 11.3. The number of carbonyl (C=O) groups is 1. The van der Waals surface area contributed by atoms with E-state index in [9.17, 15) is 9.90 Å². The summed E-state index contributed by atoms with van der Waals surface area (Å²) in [6, 6.07) is 16.6.